The number of allylic oxidation sites excluding steroid dienone is 2. The Morgan fingerprint density at radius 3 is 1.28 bits per heavy atom. The van der Waals surface area contributed by atoms with Crippen molar-refractivity contribution in [2.24, 2.45) is 11.8 Å². The van der Waals surface area contributed by atoms with Crippen molar-refractivity contribution in [3.8, 4) is 22.3 Å². The van der Waals surface area contributed by atoms with Crippen LogP contribution in [0.4, 0.5) is 0 Å². The molecule has 47 heavy (non-hydrogen) atoms. The fourth-order valence-electron chi connectivity index (χ4n) is 8.87. The van der Waals surface area contributed by atoms with E-state index in [1.807, 2.05) is 0 Å². The average Bonchev–Trinajstić information content (AvgIpc) is 3.69. The molecule has 0 nitrogen and oxygen atoms in total. The van der Waals surface area contributed by atoms with Gasteiger partial charge in [-0.15, -0.1) is 0 Å². The third kappa shape index (κ3) is 5.95. The summed E-state index contributed by atoms with van der Waals surface area (Å²) in [6.45, 7) is 19.8. The van der Waals surface area contributed by atoms with Gasteiger partial charge in [-0.05, 0) is 116 Å². The van der Waals surface area contributed by atoms with Crippen molar-refractivity contribution in [2.75, 3.05) is 0 Å². The minimum absolute atomic E-state index is 0.567. The third-order valence-electron chi connectivity index (χ3n) is 11.5. The van der Waals surface area contributed by atoms with Crippen LogP contribution in [-0.2, 0) is 25.7 Å². The topological polar surface area (TPSA) is 0 Å². The fourth-order valence-corrected chi connectivity index (χ4v) is 13.2. The Balaban J connectivity index is 1.65. The molecule has 6 rings (SSSR count). The van der Waals surface area contributed by atoms with Crippen LogP contribution in [0, 0.1) is 11.8 Å². The Bertz CT molecular complexity index is 1700. The van der Waals surface area contributed by atoms with Crippen molar-refractivity contribution in [2.45, 2.75) is 106 Å². The van der Waals surface area contributed by atoms with Gasteiger partial charge in [0.15, 0.2) is 0 Å². The Morgan fingerprint density at radius 2 is 0.894 bits per heavy atom. The van der Waals surface area contributed by atoms with Crippen LogP contribution >= 0.6 is 0 Å². The van der Waals surface area contributed by atoms with E-state index in [0.29, 0.717) is 11.8 Å². The second-order valence-corrected chi connectivity index (χ2v) is 19.1. The molecule has 0 spiro atoms. The number of aryl methyl sites for hydroxylation is 2. The van der Waals surface area contributed by atoms with Gasteiger partial charge in [-0.25, -0.2) is 0 Å². The summed E-state index contributed by atoms with van der Waals surface area (Å²) in [5.41, 5.74) is 18.5. The van der Waals surface area contributed by atoms with Crippen molar-refractivity contribution < 1.29 is 0 Å². The average molecular weight is 637 g/mol. The van der Waals surface area contributed by atoms with Gasteiger partial charge in [-0.2, -0.15) is 0 Å². The molecule has 2 aliphatic carbocycles. The van der Waals surface area contributed by atoms with Gasteiger partial charge < -0.3 is 0 Å². The number of fused-ring (bicyclic) bond motifs is 2. The summed E-state index contributed by atoms with van der Waals surface area (Å²) >= 11 is 0. The predicted octanol–water partition coefficient (Wildman–Crippen LogP) is 13.1. The van der Waals surface area contributed by atoms with E-state index in [2.05, 4.69) is 140 Å². The molecule has 0 fully saturated rings. The number of benzene rings is 4. The molecule has 2 aliphatic rings. The smallest absolute Gasteiger partial charge is 0.0651 e. The fraction of sp³-hybridized carbons (Fsp3) is 0.391. The van der Waals surface area contributed by atoms with E-state index >= 15 is 0 Å². The largest absolute Gasteiger partial charge is 0.113 e. The van der Waals surface area contributed by atoms with Crippen LogP contribution in [-0.4, -0.2) is 8.07 Å². The summed E-state index contributed by atoms with van der Waals surface area (Å²) in [7, 11) is -2.26. The van der Waals surface area contributed by atoms with Gasteiger partial charge in [0.2, 0.25) is 0 Å². The van der Waals surface area contributed by atoms with E-state index in [1.54, 1.807) is 43.8 Å². The summed E-state index contributed by atoms with van der Waals surface area (Å²) in [5, 5.41) is 3.48. The highest BCUT2D eigenvalue weighted by Gasteiger charge is 2.45. The monoisotopic (exact) mass is 636 g/mol. The minimum atomic E-state index is -2.26. The van der Waals surface area contributed by atoms with Gasteiger partial charge in [-0.3, -0.25) is 0 Å². The lowest BCUT2D eigenvalue weighted by molar-refractivity contribution is 0.645. The van der Waals surface area contributed by atoms with Crippen LogP contribution in [0.5, 0.6) is 0 Å². The van der Waals surface area contributed by atoms with Crippen molar-refractivity contribution in [1.82, 2.24) is 0 Å². The van der Waals surface area contributed by atoms with Gasteiger partial charge in [-0.1, -0.05) is 164 Å². The lowest BCUT2D eigenvalue weighted by Gasteiger charge is -2.34. The second kappa shape index (κ2) is 14.0. The summed E-state index contributed by atoms with van der Waals surface area (Å²) in [5.74, 6) is 1.13. The van der Waals surface area contributed by atoms with Gasteiger partial charge in [0.25, 0.3) is 0 Å². The summed E-state index contributed by atoms with van der Waals surface area (Å²) in [6.07, 6.45) is 9.13. The van der Waals surface area contributed by atoms with Crippen LogP contribution in [0.3, 0.4) is 0 Å². The highest BCUT2D eigenvalue weighted by molar-refractivity contribution is 7.09. The normalized spacial score (nSPS) is 15.7. The first-order valence-corrected chi connectivity index (χ1v) is 21.6. The molecule has 0 aliphatic heterocycles. The SMILES string of the molecule is CCCc1ccccc1-c1cccc2c1C([Si](C)(C)C1=C(C(C)CC)Cc3cccc(-c4ccccc4CCC)c31)=C(C(C)CC)C2. The zero-order chi connectivity index (χ0) is 33.3. The molecule has 1 heteroatoms. The summed E-state index contributed by atoms with van der Waals surface area (Å²) in [4.78, 5) is 0. The van der Waals surface area contributed by atoms with Crippen LogP contribution in [0.15, 0.2) is 96.1 Å². The molecule has 0 saturated carbocycles. The van der Waals surface area contributed by atoms with Crippen LogP contribution < -0.4 is 0 Å². The Morgan fingerprint density at radius 1 is 0.511 bits per heavy atom. The van der Waals surface area contributed by atoms with Crippen LogP contribution in [0.2, 0.25) is 13.1 Å². The number of hydrogen-bond donors (Lipinski definition) is 0. The van der Waals surface area contributed by atoms with Crippen molar-refractivity contribution in [1.29, 1.82) is 0 Å². The van der Waals surface area contributed by atoms with E-state index in [0.717, 1.165) is 38.5 Å². The highest BCUT2D eigenvalue weighted by Crippen LogP contribution is 2.55. The molecule has 0 N–H and O–H groups in total. The first kappa shape index (κ1) is 33.5. The lowest BCUT2D eigenvalue weighted by atomic mass is 9.92. The Labute approximate surface area is 287 Å². The quantitative estimate of drug-likeness (QED) is 0.136. The first-order chi connectivity index (χ1) is 22.8. The molecule has 0 amide bonds. The van der Waals surface area contributed by atoms with Gasteiger partial charge in [0.05, 0.1) is 0 Å². The number of rotatable bonds is 12. The molecule has 2 unspecified atom stereocenters. The zero-order valence-electron chi connectivity index (χ0n) is 30.4. The molecule has 0 aromatic heterocycles. The molecule has 0 radical (unpaired) electrons. The third-order valence-corrected chi connectivity index (χ3v) is 15.2. The van der Waals surface area contributed by atoms with Crippen molar-refractivity contribution >= 4 is 18.5 Å². The maximum atomic E-state index is 2.72. The van der Waals surface area contributed by atoms with E-state index in [-0.39, 0.29) is 0 Å². The van der Waals surface area contributed by atoms with Crippen molar-refractivity contribution in [3.63, 3.8) is 0 Å². The van der Waals surface area contributed by atoms with Crippen LogP contribution in [0.25, 0.3) is 32.6 Å². The molecule has 244 valence electrons. The predicted molar refractivity (Wildman–Crippen MR) is 209 cm³/mol. The molecule has 0 heterocycles. The van der Waals surface area contributed by atoms with Gasteiger partial charge in [0, 0.05) is 0 Å². The van der Waals surface area contributed by atoms with Crippen LogP contribution in [0.1, 0.15) is 101 Å². The molecule has 0 bridgehead atoms. The van der Waals surface area contributed by atoms with E-state index in [4.69, 9.17) is 0 Å². The van der Waals surface area contributed by atoms with E-state index in [9.17, 15) is 0 Å². The molecule has 0 saturated heterocycles. The molecule has 4 aromatic rings. The number of hydrogen-bond acceptors (Lipinski definition) is 0. The maximum absolute atomic E-state index is 2.72. The summed E-state index contributed by atoms with van der Waals surface area (Å²) in [6, 6.07) is 32.9. The molecular weight excluding hydrogens is 581 g/mol. The molecule has 2 atom stereocenters. The highest BCUT2D eigenvalue weighted by atomic mass is 28.3. The Hall–Kier alpha value is -3.42. The van der Waals surface area contributed by atoms with E-state index in [1.165, 1.54) is 46.2 Å². The first-order valence-electron chi connectivity index (χ1n) is 18.6. The summed E-state index contributed by atoms with van der Waals surface area (Å²) < 4.78 is 0. The maximum Gasteiger partial charge on any atom is 0.113 e. The minimum Gasteiger partial charge on any atom is -0.0651 e. The molecule has 4 aromatic carbocycles. The standard InChI is InChI=1S/C46H56Si/c1-9-19-33-21-13-15-25-37(33)39-27-17-23-35-29-41(31(5)11-3)45(43(35)39)47(7,8)46-42(32(6)12-4)30-36-24-18-28-40(44(36)46)38-26-16-14-22-34(38)20-10-2/h13-18,21-28,31-32H,9-12,19-20,29-30H2,1-8H3. The Kier molecular flexibility index (Phi) is 9.95. The van der Waals surface area contributed by atoms with Gasteiger partial charge in [0.1, 0.15) is 8.07 Å². The lowest BCUT2D eigenvalue weighted by Crippen LogP contribution is -2.33. The molecular formula is C46H56Si. The van der Waals surface area contributed by atoms with E-state index < -0.39 is 8.07 Å². The second-order valence-electron chi connectivity index (χ2n) is 14.9. The zero-order valence-corrected chi connectivity index (χ0v) is 31.4. The van der Waals surface area contributed by atoms with Gasteiger partial charge >= 0.3 is 0 Å². The van der Waals surface area contributed by atoms with Crippen molar-refractivity contribution in [3.05, 3.63) is 129 Å².